The van der Waals surface area contributed by atoms with Gasteiger partial charge in [-0.1, -0.05) is 6.42 Å². The second-order valence-corrected chi connectivity index (χ2v) is 6.19. The van der Waals surface area contributed by atoms with E-state index in [4.69, 9.17) is 5.73 Å². The molecule has 0 bridgehead atoms. The van der Waals surface area contributed by atoms with Gasteiger partial charge in [0.25, 0.3) is 11.6 Å². The van der Waals surface area contributed by atoms with Crippen LogP contribution in [0, 0.1) is 5.92 Å². The highest BCUT2D eigenvalue weighted by Gasteiger charge is 2.68. The summed E-state index contributed by atoms with van der Waals surface area (Å²) in [5.74, 6) is -2.32. The van der Waals surface area contributed by atoms with E-state index in [0.29, 0.717) is 19.3 Å². The number of aliphatic hydroxyl groups is 1. The van der Waals surface area contributed by atoms with Crippen molar-refractivity contribution in [2.24, 2.45) is 11.0 Å². The van der Waals surface area contributed by atoms with Crippen LogP contribution < -0.4 is 5.73 Å². The van der Waals surface area contributed by atoms with Crippen LogP contribution in [0.2, 0.25) is 0 Å². The van der Waals surface area contributed by atoms with Crippen LogP contribution in [0.1, 0.15) is 36.2 Å². The van der Waals surface area contributed by atoms with Gasteiger partial charge in [-0.25, -0.2) is 4.98 Å². The zero-order valence-electron chi connectivity index (χ0n) is 11.3. The van der Waals surface area contributed by atoms with E-state index in [-0.39, 0.29) is 28.0 Å². The number of alkyl halides is 3. The van der Waals surface area contributed by atoms with Crippen LogP contribution in [-0.2, 0) is 0 Å². The molecule has 0 radical (unpaired) electrons. The lowest BCUT2D eigenvalue weighted by Crippen LogP contribution is -2.61. The van der Waals surface area contributed by atoms with Crippen LogP contribution >= 0.6 is 11.3 Å². The van der Waals surface area contributed by atoms with Crippen molar-refractivity contribution < 1.29 is 23.1 Å². The molecule has 0 aromatic carbocycles. The molecule has 3 rings (SSSR count). The van der Waals surface area contributed by atoms with Crippen molar-refractivity contribution in [3.05, 3.63) is 11.1 Å². The maximum atomic E-state index is 13.5. The number of aromatic nitrogens is 1. The van der Waals surface area contributed by atoms with E-state index in [1.54, 1.807) is 0 Å². The van der Waals surface area contributed by atoms with E-state index in [1.807, 2.05) is 0 Å². The van der Waals surface area contributed by atoms with Gasteiger partial charge >= 0.3 is 6.18 Å². The number of hydrazone groups is 1. The highest BCUT2D eigenvalue weighted by atomic mass is 32.1. The highest BCUT2D eigenvalue weighted by molar-refractivity contribution is 7.13. The molecule has 1 amide bonds. The molecule has 0 unspecified atom stereocenters. The van der Waals surface area contributed by atoms with E-state index < -0.39 is 23.7 Å². The number of halogens is 3. The predicted octanol–water partition coefficient (Wildman–Crippen LogP) is 1.98. The summed E-state index contributed by atoms with van der Waals surface area (Å²) in [5.41, 5.74) is 2.03. The molecule has 2 heterocycles. The smallest absolute Gasteiger partial charge is 0.375 e. The fraction of sp³-hybridized carbons (Fsp3) is 0.583. The average molecular weight is 334 g/mol. The zero-order chi connectivity index (χ0) is 16.1. The Balaban J connectivity index is 2.03. The van der Waals surface area contributed by atoms with Crippen LogP contribution in [-0.4, -0.2) is 38.6 Å². The summed E-state index contributed by atoms with van der Waals surface area (Å²) in [4.78, 5) is 16.0. The Morgan fingerprint density at radius 2 is 2.23 bits per heavy atom. The van der Waals surface area contributed by atoms with E-state index in [0.717, 1.165) is 11.3 Å². The molecule has 0 saturated heterocycles. The second kappa shape index (κ2) is 4.92. The van der Waals surface area contributed by atoms with E-state index >= 15 is 0 Å². The van der Waals surface area contributed by atoms with Gasteiger partial charge in [0.15, 0.2) is 5.13 Å². The normalized spacial score (nSPS) is 28.5. The van der Waals surface area contributed by atoms with Crippen LogP contribution in [0.5, 0.6) is 0 Å². The number of nitrogens with two attached hydrogens (primary N) is 1. The number of nitrogen functional groups attached to an aromatic ring is 1. The fourth-order valence-corrected chi connectivity index (χ4v) is 3.45. The standard InChI is InChI=1S/C12H13F3N4O2S/c13-12(14,15)11(21)6-3-1-2-4-7(6)18-19(11)9(20)8-5-22-10(16)17-8/h5-6,21H,1-4H2,(H2,16,17)/t6-,11+/m0/s1. The van der Waals surface area contributed by atoms with Gasteiger partial charge in [-0.15, -0.1) is 11.3 Å². The monoisotopic (exact) mass is 334 g/mol. The molecule has 1 aromatic heterocycles. The molecule has 22 heavy (non-hydrogen) atoms. The lowest BCUT2D eigenvalue weighted by Gasteiger charge is -2.37. The molecule has 1 aliphatic heterocycles. The zero-order valence-corrected chi connectivity index (χ0v) is 12.1. The SMILES string of the molecule is Nc1nc(C(=O)N2N=C3CCCC[C@@H]3[C@@]2(O)C(F)(F)F)cs1. The molecule has 1 aliphatic carbocycles. The van der Waals surface area contributed by atoms with Crippen LogP contribution in [0.3, 0.4) is 0 Å². The minimum Gasteiger partial charge on any atom is -0.375 e. The molecule has 0 spiro atoms. The van der Waals surface area contributed by atoms with Gasteiger partial charge in [-0.05, 0) is 19.3 Å². The third kappa shape index (κ3) is 2.09. The molecular formula is C12H13F3N4O2S. The van der Waals surface area contributed by atoms with Gasteiger partial charge in [-0.2, -0.15) is 23.3 Å². The fourth-order valence-electron chi connectivity index (χ4n) is 2.91. The minimum absolute atomic E-state index is 0.0585. The van der Waals surface area contributed by atoms with E-state index in [1.165, 1.54) is 5.38 Å². The van der Waals surface area contributed by atoms with Crippen molar-refractivity contribution in [2.45, 2.75) is 37.6 Å². The van der Waals surface area contributed by atoms with Crippen molar-refractivity contribution in [2.75, 3.05) is 5.73 Å². The van der Waals surface area contributed by atoms with Gasteiger partial charge in [0.05, 0.1) is 5.92 Å². The predicted molar refractivity (Wildman–Crippen MR) is 73.1 cm³/mol. The first-order valence-corrected chi connectivity index (χ1v) is 7.55. The van der Waals surface area contributed by atoms with Crippen molar-refractivity contribution in [3.63, 3.8) is 0 Å². The lowest BCUT2D eigenvalue weighted by molar-refractivity contribution is -0.312. The lowest BCUT2D eigenvalue weighted by atomic mass is 9.80. The molecular weight excluding hydrogens is 321 g/mol. The van der Waals surface area contributed by atoms with Crippen molar-refractivity contribution >= 4 is 28.1 Å². The number of fused-ring (bicyclic) bond motifs is 1. The molecule has 1 saturated carbocycles. The quantitative estimate of drug-likeness (QED) is 0.821. The van der Waals surface area contributed by atoms with Crippen LogP contribution in [0.4, 0.5) is 18.3 Å². The summed E-state index contributed by atoms with van der Waals surface area (Å²) < 4.78 is 40.5. The number of carbonyl (C=O) groups excluding carboxylic acids is 1. The molecule has 10 heteroatoms. The third-order valence-corrected chi connectivity index (χ3v) is 4.64. The number of anilines is 1. The average Bonchev–Trinajstić information content (AvgIpc) is 3.01. The Morgan fingerprint density at radius 3 is 2.82 bits per heavy atom. The highest BCUT2D eigenvalue weighted by Crippen LogP contribution is 2.48. The summed E-state index contributed by atoms with van der Waals surface area (Å²) in [7, 11) is 0. The molecule has 1 fully saturated rings. The summed E-state index contributed by atoms with van der Waals surface area (Å²) in [6.45, 7) is 0. The second-order valence-electron chi connectivity index (χ2n) is 5.30. The first kappa shape index (κ1) is 15.2. The van der Waals surface area contributed by atoms with Gasteiger partial charge in [0.1, 0.15) is 5.69 Å². The number of nitrogens with zero attached hydrogens (tertiary/aromatic N) is 3. The van der Waals surface area contributed by atoms with Crippen molar-refractivity contribution in [1.82, 2.24) is 9.99 Å². The topological polar surface area (TPSA) is 91.8 Å². The first-order valence-electron chi connectivity index (χ1n) is 6.67. The largest absolute Gasteiger partial charge is 0.439 e. The molecule has 1 aromatic rings. The molecule has 2 atom stereocenters. The molecule has 6 nitrogen and oxygen atoms in total. The summed E-state index contributed by atoms with van der Waals surface area (Å²) >= 11 is 0.932. The van der Waals surface area contributed by atoms with Gasteiger partial charge in [0, 0.05) is 11.1 Å². The first-order chi connectivity index (χ1) is 10.2. The number of hydrogen-bond acceptors (Lipinski definition) is 6. The number of hydrogen-bond donors (Lipinski definition) is 2. The summed E-state index contributed by atoms with van der Waals surface area (Å²) in [5, 5.41) is 15.5. The summed E-state index contributed by atoms with van der Waals surface area (Å²) in [6, 6.07) is 0. The van der Waals surface area contributed by atoms with Crippen molar-refractivity contribution in [3.8, 4) is 0 Å². The van der Waals surface area contributed by atoms with Crippen LogP contribution in [0.25, 0.3) is 0 Å². The molecule has 3 N–H and O–H groups in total. The molecule has 2 aliphatic rings. The maximum Gasteiger partial charge on any atom is 0.439 e. The molecule has 120 valence electrons. The Morgan fingerprint density at radius 1 is 1.50 bits per heavy atom. The Kier molecular flexibility index (Phi) is 3.40. The number of thiazole rings is 1. The Labute approximate surface area is 127 Å². The Hall–Kier alpha value is -1.68. The maximum absolute atomic E-state index is 13.5. The van der Waals surface area contributed by atoms with Gasteiger partial charge in [-0.3, -0.25) is 4.79 Å². The minimum atomic E-state index is -5.02. The number of carbonyl (C=O) groups is 1. The number of rotatable bonds is 1. The van der Waals surface area contributed by atoms with Gasteiger partial charge < -0.3 is 10.8 Å². The van der Waals surface area contributed by atoms with E-state index in [9.17, 15) is 23.1 Å². The van der Waals surface area contributed by atoms with Crippen molar-refractivity contribution in [1.29, 1.82) is 0 Å². The van der Waals surface area contributed by atoms with Gasteiger partial charge in [0.2, 0.25) is 0 Å². The Bertz CT molecular complexity index is 645. The van der Waals surface area contributed by atoms with Crippen LogP contribution in [0.15, 0.2) is 10.5 Å². The summed E-state index contributed by atoms with van der Waals surface area (Å²) in [6.07, 6.45) is -3.30. The number of amides is 1. The van der Waals surface area contributed by atoms with E-state index in [2.05, 4.69) is 10.1 Å². The third-order valence-electron chi connectivity index (χ3n) is 3.97.